The third-order valence-corrected chi connectivity index (χ3v) is 4.18. The first-order valence-corrected chi connectivity index (χ1v) is 7.60. The highest BCUT2D eigenvalue weighted by molar-refractivity contribution is 6.05. The number of hydrogen-bond acceptors (Lipinski definition) is 4. The van der Waals surface area contributed by atoms with Gasteiger partial charge in [-0.3, -0.25) is 9.59 Å². The summed E-state index contributed by atoms with van der Waals surface area (Å²) in [4.78, 5) is 28.0. The Labute approximate surface area is 134 Å². The maximum absolute atomic E-state index is 12.2. The van der Waals surface area contributed by atoms with Gasteiger partial charge in [0.05, 0.1) is 25.3 Å². The second-order valence-electron chi connectivity index (χ2n) is 5.67. The molecule has 1 aliphatic carbocycles. The maximum Gasteiger partial charge on any atom is 0.321 e. The number of carbonyl (C=O) groups is 2. The van der Waals surface area contributed by atoms with Crippen LogP contribution in [0.3, 0.4) is 0 Å². The first kappa shape index (κ1) is 15.3. The number of carbonyl (C=O) groups excluding carboxylic acids is 2. The molecule has 3 rings (SSSR count). The zero-order valence-electron chi connectivity index (χ0n) is 13.0. The van der Waals surface area contributed by atoms with Crippen LogP contribution in [0.15, 0.2) is 42.9 Å². The molecule has 0 atom stereocenters. The first-order valence-electron chi connectivity index (χ1n) is 7.60. The molecule has 1 amide bonds. The van der Waals surface area contributed by atoms with Crippen LogP contribution in [0.5, 0.6) is 0 Å². The molecule has 6 nitrogen and oxygen atoms in total. The van der Waals surface area contributed by atoms with Gasteiger partial charge in [0, 0.05) is 13.1 Å². The normalized spacial score (nSPS) is 15.0. The highest BCUT2D eigenvalue weighted by atomic mass is 16.5. The number of hydrogen-bond donors (Lipinski definition) is 1. The zero-order valence-corrected chi connectivity index (χ0v) is 13.0. The Morgan fingerprint density at radius 1 is 1.30 bits per heavy atom. The largest absolute Gasteiger partial charge is 0.468 e. The Morgan fingerprint density at radius 3 is 2.70 bits per heavy atom. The predicted molar refractivity (Wildman–Crippen MR) is 84.4 cm³/mol. The minimum atomic E-state index is -0.952. The summed E-state index contributed by atoms with van der Waals surface area (Å²) >= 11 is 0. The van der Waals surface area contributed by atoms with Crippen molar-refractivity contribution in [3.63, 3.8) is 0 Å². The van der Waals surface area contributed by atoms with Crippen molar-refractivity contribution in [2.24, 2.45) is 5.41 Å². The number of ether oxygens (including phenoxy) is 1. The molecule has 0 aliphatic heterocycles. The number of nitrogens with zero attached hydrogens (tertiary/aromatic N) is 2. The molecule has 120 valence electrons. The minimum absolute atomic E-state index is 0.245. The number of benzene rings is 1. The Morgan fingerprint density at radius 2 is 2.04 bits per heavy atom. The summed E-state index contributed by atoms with van der Waals surface area (Å²) < 4.78 is 6.69. The van der Waals surface area contributed by atoms with E-state index in [4.69, 9.17) is 4.74 Å². The van der Waals surface area contributed by atoms with Gasteiger partial charge < -0.3 is 14.6 Å². The van der Waals surface area contributed by atoms with Gasteiger partial charge in [-0.15, -0.1) is 0 Å². The Balaban J connectivity index is 1.59. The lowest BCUT2D eigenvalue weighted by Crippen LogP contribution is -2.39. The Hall–Kier alpha value is -2.63. The molecule has 0 unspecified atom stereocenters. The van der Waals surface area contributed by atoms with Crippen LogP contribution in [0.1, 0.15) is 12.8 Å². The third-order valence-electron chi connectivity index (χ3n) is 4.18. The second-order valence-corrected chi connectivity index (χ2v) is 5.67. The number of amides is 1. The zero-order chi connectivity index (χ0) is 16.3. The first-order chi connectivity index (χ1) is 11.2. The average Bonchev–Trinajstić information content (AvgIpc) is 3.28. The molecule has 2 aromatic rings. The highest BCUT2D eigenvalue weighted by Crippen LogP contribution is 2.46. The number of rotatable bonds is 6. The summed E-state index contributed by atoms with van der Waals surface area (Å²) in [6.45, 7) is 1.03. The van der Waals surface area contributed by atoms with Crippen LogP contribution in [-0.2, 0) is 20.9 Å². The number of aromatic nitrogens is 2. The minimum Gasteiger partial charge on any atom is -0.468 e. The monoisotopic (exact) mass is 313 g/mol. The van der Waals surface area contributed by atoms with Crippen LogP contribution in [0, 0.1) is 5.41 Å². The summed E-state index contributed by atoms with van der Waals surface area (Å²) in [6.07, 6.45) is 4.66. The molecule has 1 aromatic carbocycles. The van der Waals surface area contributed by atoms with Gasteiger partial charge in [0.15, 0.2) is 0 Å². The van der Waals surface area contributed by atoms with Crippen LogP contribution in [0.4, 0.5) is 0 Å². The Kier molecular flexibility index (Phi) is 4.14. The summed E-state index contributed by atoms with van der Waals surface area (Å²) in [5.74, 6) is -0.687. The van der Waals surface area contributed by atoms with Crippen LogP contribution in [0.2, 0.25) is 0 Å². The summed E-state index contributed by atoms with van der Waals surface area (Å²) in [5.41, 5.74) is 1.12. The molecule has 6 heteroatoms. The van der Waals surface area contributed by atoms with E-state index < -0.39 is 11.4 Å². The van der Waals surface area contributed by atoms with E-state index >= 15 is 0 Å². The van der Waals surface area contributed by atoms with E-state index in [-0.39, 0.29) is 5.91 Å². The van der Waals surface area contributed by atoms with Crippen molar-refractivity contribution in [1.82, 2.24) is 14.9 Å². The molecule has 0 radical (unpaired) electrons. The average molecular weight is 313 g/mol. The van der Waals surface area contributed by atoms with Gasteiger partial charge in [-0.1, -0.05) is 30.3 Å². The van der Waals surface area contributed by atoms with Gasteiger partial charge in [-0.05, 0) is 18.4 Å². The maximum atomic E-state index is 12.2. The van der Waals surface area contributed by atoms with E-state index in [1.165, 1.54) is 7.11 Å². The molecule has 0 saturated heterocycles. The van der Waals surface area contributed by atoms with Gasteiger partial charge in [0.1, 0.15) is 5.41 Å². The van der Waals surface area contributed by atoms with Crippen molar-refractivity contribution in [2.45, 2.75) is 19.4 Å². The van der Waals surface area contributed by atoms with E-state index in [1.54, 1.807) is 12.5 Å². The third kappa shape index (κ3) is 2.97. The van der Waals surface area contributed by atoms with Crippen molar-refractivity contribution in [2.75, 3.05) is 13.7 Å². The predicted octanol–water partition coefficient (Wildman–Crippen LogP) is 1.62. The van der Waals surface area contributed by atoms with E-state index in [1.807, 2.05) is 34.9 Å². The molecular weight excluding hydrogens is 294 g/mol. The van der Waals surface area contributed by atoms with Gasteiger partial charge >= 0.3 is 5.97 Å². The number of nitrogens with one attached hydrogen (secondary N) is 1. The second kappa shape index (κ2) is 6.24. The van der Waals surface area contributed by atoms with Crippen molar-refractivity contribution >= 4 is 11.9 Å². The quantitative estimate of drug-likeness (QED) is 0.650. The molecule has 1 fully saturated rings. The number of methoxy groups -OCH3 is 1. The van der Waals surface area contributed by atoms with E-state index in [0.29, 0.717) is 25.9 Å². The van der Waals surface area contributed by atoms with Gasteiger partial charge in [0.25, 0.3) is 0 Å². The van der Waals surface area contributed by atoms with Gasteiger partial charge in [0.2, 0.25) is 5.91 Å². The number of imidazole rings is 1. The summed E-state index contributed by atoms with van der Waals surface area (Å²) in [6, 6.07) is 9.95. The topological polar surface area (TPSA) is 73.2 Å². The summed E-state index contributed by atoms with van der Waals surface area (Å²) in [7, 11) is 1.31. The van der Waals surface area contributed by atoms with Crippen molar-refractivity contribution < 1.29 is 14.3 Å². The van der Waals surface area contributed by atoms with Gasteiger partial charge in [-0.2, -0.15) is 0 Å². The standard InChI is InChI=1S/C17H19N3O3/c1-23-16(22)17(7-8-17)15(21)19-9-10-20-12-18-11-14(20)13-5-3-2-4-6-13/h2-6,11-12H,7-10H2,1H3,(H,19,21). The molecule has 1 aromatic heterocycles. The molecule has 1 saturated carbocycles. The molecule has 1 heterocycles. The SMILES string of the molecule is COC(=O)C1(C(=O)NCCn2cncc2-c2ccccc2)CC1. The van der Waals surface area contributed by atoms with E-state index in [9.17, 15) is 9.59 Å². The summed E-state index contributed by atoms with van der Waals surface area (Å²) in [5, 5.41) is 2.83. The lowest BCUT2D eigenvalue weighted by atomic mass is 10.1. The van der Waals surface area contributed by atoms with Crippen molar-refractivity contribution in [1.29, 1.82) is 0 Å². The lowest BCUT2D eigenvalue weighted by Gasteiger charge is -2.14. The van der Waals surface area contributed by atoms with Crippen molar-refractivity contribution in [3.8, 4) is 11.3 Å². The molecule has 0 spiro atoms. The molecule has 0 bridgehead atoms. The van der Waals surface area contributed by atoms with Gasteiger partial charge in [-0.25, -0.2) is 4.98 Å². The highest BCUT2D eigenvalue weighted by Gasteiger charge is 2.57. The smallest absolute Gasteiger partial charge is 0.321 e. The molecule has 1 N–H and O–H groups in total. The van der Waals surface area contributed by atoms with Crippen molar-refractivity contribution in [3.05, 3.63) is 42.9 Å². The molecule has 1 aliphatic rings. The van der Waals surface area contributed by atoms with Crippen LogP contribution in [0.25, 0.3) is 11.3 Å². The fraction of sp³-hybridized carbons (Fsp3) is 0.353. The molecule has 23 heavy (non-hydrogen) atoms. The fourth-order valence-corrected chi connectivity index (χ4v) is 2.65. The van der Waals surface area contributed by atoms with E-state index in [2.05, 4.69) is 10.3 Å². The number of esters is 1. The van der Waals surface area contributed by atoms with E-state index in [0.717, 1.165) is 11.3 Å². The van der Waals surface area contributed by atoms with Crippen LogP contribution >= 0.6 is 0 Å². The Bertz CT molecular complexity index is 705. The lowest BCUT2D eigenvalue weighted by molar-refractivity contribution is -0.152. The molecular formula is C17H19N3O3. The fourth-order valence-electron chi connectivity index (χ4n) is 2.65. The van der Waals surface area contributed by atoms with Crippen LogP contribution < -0.4 is 5.32 Å². The van der Waals surface area contributed by atoms with Crippen LogP contribution in [-0.4, -0.2) is 35.1 Å².